The second-order valence-corrected chi connectivity index (χ2v) is 14.2. The molecule has 3 aliphatic rings. The number of halogens is 3. The average molecular weight is 648 g/mol. The molecule has 5 heterocycles. The number of amides is 1. The molecule has 15 heteroatoms. The van der Waals surface area contributed by atoms with Crippen LogP contribution in [0, 0.1) is 5.41 Å². The molecule has 11 nitrogen and oxygen atoms in total. The smallest absolute Gasteiger partial charge is 0.394 e. The molecule has 2 bridgehead atoms. The molecule has 2 aliphatic heterocycles. The Hall–Kier alpha value is -3.88. The predicted octanol–water partition coefficient (Wildman–Crippen LogP) is 5.24. The van der Waals surface area contributed by atoms with E-state index in [9.17, 15) is 26.4 Å². The number of hydrogen-bond donors (Lipinski definition) is 2. The molecular weight excluding hydrogens is 611 g/mol. The number of carbonyl (C=O) groups is 1. The number of carbonyl (C=O) groups excluding carboxylic acids is 1. The molecular formula is C30H36F3N7O4S. The molecule has 3 aromatic rings. The van der Waals surface area contributed by atoms with Crippen LogP contribution < -0.4 is 19.7 Å². The summed E-state index contributed by atoms with van der Waals surface area (Å²) in [6, 6.07) is 9.22. The molecule has 1 amide bonds. The maximum Gasteiger partial charge on any atom is 0.394 e. The van der Waals surface area contributed by atoms with Gasteiger partial charge in [-0.1, -0.05) is 6.07 Å². The molecule has 0 aromatic carbocycles. The first-order chi connectivity index (χ1) is 21.3. The third-order valence-electron chi connectivity index (χ3n) is 9.02. The fourth-order valence-corrected chi connectivity index (χ4v) is 7.16. The Morgan fingerprint density at radius 3 is 2.60 bits per heavy atom. The highest BCUT2D eigenvalue weighted by atomic mass is 32.2. The van der Waals surface area contributed by atoms with Crippen LogP contribution in [0.3, 0.4) is 0 Å². The van der Waals surface area contributed by atoms with Crippen LogP contribution in [0.1, 0.15) is 75.6 Å². The third kappa shape index (κ3) is 6.31. The lowest BCUT2D eigenvalue weighted by Gasteiger charge is -2.38. The van der Waals surface area contributed by atoms with Gasteiger partial charge in [-0.15, -0.1) is 5.10 Å². The van der Waals surface area contributed by atoms with E-state index in [1.54, 1.807) is 30.5 Å². The van der Waals surface area contributed by atoms with E-state index in [2.05, 4.69) is 38.9 Å². The van der Waals surface area contributed by atoms with Crippen molar-refractivity contribution in [2.24, 2.45) is 5.41 Å². The molecule has 1 aliphatic carbocycles. The topological polar surface area (TPSA) is 131 Å². The van der Waals surface area contributed by atoms with E-state index in [0.717, 1.165) is 32.1 Å². The van der Waals surface area contributed by atoms with Gasteiger partial charge in [0.1, 0.15) is 11.6 Å². The van der Waals surface area contributed by atoms with Crippen LogP contribution in [0.2, 0.25) is 0 Å². The summed E-state index contributed by atoms with van der Waals surface area (Å²) in [5, 5.41) is 7.25. The first-order valence-corrected chi connectivity index (χ1v) is 16.6. The number of fused-ring (bicyclic) bond motifs is 5. The number of nitrogens with one attached hydrogen (secondary N) is 2. The normalized spacial score (nSPS) is 22.2. The average Bonchev–Trinajstić information content (AvgIpc) is 3.53. The van der Waals surface area contributed by atoms with Gasteiger partial charge in [-0.25, -0.2) is 19.4 Å². The van der Waals surface area contributed by atoms with Crippen molar-refractivity contribution in [3.63, 3.8) is 0 Å². The Labute approximate surface area is 259 Å². The number of aromatic nitrogens is 4. The molecule has 2 fully saturated rings. The van der Waals surface area contributed by atoms with Gasteiger partial charge in [-0.2, -0.15) is 21.6 Å². The lowest BCUT2D eigenvalue weighted by Crippen LogP contribution is -2.45. The largest absolute Gasteiger partial charge is 0.477 e. The van der Waals surface area contributed by atoms with Gasteiger partial charge in [0.2, 0.25) is 5.88 Å². The van der Waals surface area contributed by atoms with Crippen LogP contribution in [0.4, 0.5) is 24.8 Å². The van der Waals surface area contributed by atoms with Crippen LogP contribution in [-0.2, 0) is 10.0 Å². The van der Waals surface area contributed by atoms with Crippen molar-refractivity contribution in [2.45, 2.75) is 88.0 Å². The molecule has 2 N–H and O–H groups in total. The van der Waals surface area contributed by atoms with Crippen LogP contribution in [0.15, 0.2) is 47.6 Å². The molecule has 1 atom stereocenters. The van der Waals surface area contributed by atoms with Gasteiger partial charge in [0.25, 0.3) is 15.9 Å². The van der Waals surface area contributed by atoms with E-state index >= 15 is 0 Å². The summed E-state index contributed by atoms with van der Waals surface area (Å²) >= 11 is 0. The van der Waals surface area contributed by atoms with Gasteiger partial charge < -0.3 is 15.0 Å². The molecule has 1 saturated carbocycles. The number of nitrogens with zero attached hydrogens (tertiary/aromatic N) is 5. The highest BCUT2D eigenvalue weighted by molar-refractivity contribution is 7.90. The molecule has 1 unspecified atom stereocenters. The van der Waals surface area contributed by atoms with Crippen molar-refractivity contribution >= 4 is 27.6 Å². The summed E-state index contributed by atoms with van der Waals surface area (Å²) in [6.45, 7) is 4.62. The monoisotopic (exact) mass is 647 g/mol. The number of sulfonamides is 1. The van der Waals surface area contributed by atoms with Gasteiger partial charge in [-0.3, -0.25) is 4.79 Å². The van der Waals surface area contributed by atoms with E-state index in [4.69, 9.17) is 9.72 Å². The van der Waals surface area contributed by atoms with Gasteiger partial charge in [0, 0.05) is 30.4 Å². The summed E-state index contributed by atoms with van der Waals surface area (Å²) in [4.78, 5) is 24.8. The van der Waals surface area contributed by atoms with Crippen molar-refractivity contribution in [1.82, 2.24) is 24.5 Å². The molecule has 6 rings (SSSR count). The highest BCUT2D eigenvalue weighted by Gasteiger charge is 2.62. The molecule has 0 radical (unpaired) electrons. The number of pyridine rings is 2. The zero-order chi connectivity index (χ0) is 32.0. The van der Waals surface area contributed by atoms with Crippen molar-refractivity contribution < 1.29 is 31.1 Å². The SMILES string of the molecule is CC1(C)CCC2CCCCNc3cccc(n3)S(=O)(=O)NC(=O)c3ccc(-n4ccc(OCCC5(C(F)(F)F)CC5)n4)nc3N21. The minimum Gasteiger partial charge on any atom is -0.477 e. The Morgan fingerprint density at radius 2 is 1.84 bits per heavy atom. The molecule has 0 spiro atoms. The minimum atomic E-state index is -4.31. The maximum absolute atomic E-state index is 13.7. The quantitative estimate of drug-likeness (QED) is 0.382. The Balaban J connectivity index is 1.32. The lowest BCUT2D eigenvalue weighted by molar-refractivity contribution is -0.190. The second kappa shape index (κ2) is 11.5. The second-order valence-electron chi connectivity index (χ2n) is 12.6. The van der Waals surface area contributed by atoms with E-state index in [1.165, 1.54) is 16.8 Å². The van der Waals surface area contributed by atoms with Crippen molar-refractivity contribution in [1.29, 1.82) is 0 Å². The first kappa shape index (κ1) is 31.1. The summed E-state index contributed by atoms with van der Waals surface area (Å²) < 4.78 is 75.5. The molecule has 1 saturated heterocycles. The number of alkyl halides is 3. The summed E-state index contributed by atoms with van der Waals surface area (Å²) in [6.07, 6.45) is 1.67. The fraction of sp³-hybridized carbons (Fsp3) is 0.533. The molecule has 242 valence electrons. The Kier molecular flexibility index (Phi) is 7.94. The zero-order valence-electron chi connectivity index (χ0n) is 25.1. The van der Waals surface area contributed by atoms with Crippen LogP contribution >= 0.6 is 0 Å². The lowest BCUT2D eigenvalue weighted by atomic mass is 10.0. The number of anilines is 2. The van der Waals surface area contributed by atoms with E-state index in [0.29, 0.717) is 24.0 Å². The van der Waals surface area contributed by atoms with E-state index in [-0.39, 0.29) is 53.9 Å². The Bertz CT molecular complexity index is 1690. The number of ether oxygens (including phenoxy) is 1. The molecule has 45 heavy (non-hydrogen) atoms. The van der Waals surface area contributed by atoms with Gasteiger partial charge >= 0.3 is 6.18 Å². The predicted molar refractivity (Wildman–Crippen MR) is 160 cm³/mol. The van der Waals surface area contributed by atoms with Crippen molar-refractivity contribution in [3.05, 3.63) is 48.2 Å². The molecule has 3 aromatic heterocycles. The van der Waals surface area contributed by atoms with Crippen molar-refractivity contribution in [3.8, 4) is 11.7 Å². The van der Waals surface area contributed by atoms with E-state index < -0.39 is 27.5 Å². The third-order valence-corrected chi connectivity index (χ3v) is 10.3. The van der Waals surface area contributed by atoms with Crippen molar-refractivity contribution in [2.75, 3.05) is 23.4 Å². The van der Waals surface area contributed by atoms with Crippen LogP contribution in [-0.4, -0.2) is 65.0 Å². The van der Waals surface area contributed by atoms with Crippen LogP contribution in [0.25, 0.3) is 5.82 Å². The zero-order valence-corrected chi connectivity index (χ0v) is 25.9. The summed E-state index contributed by atoms with van der Waals surface area (Å²) in [7, 11) is -4.31. The summed E-state index contributed by atoms with van der Waals surface area (Å²) in [5.74, 6) is 0.374. The maximum atomic E-state index is 13.7. The van der Waals surface area contributed by atoms with Gasteiger partial charge in [0.15, 0.2) is 10.8 Å². The van der Waals surface area contributed by atoms with Gasteiger partial charge in [0.05, 0.1) is 17.6 Å². The fourth-order valence-electron chi connectivity index (χ4n) is 6.23. The van der Waals surface area contributed by atoms with Crippen LogP contribution in [0.5, 0.6) is 5.88 Å². The van der Waals surface area contributed by atoms with Gasteiger partial charge in [-0.05, 0) is 89.5 Å². The summed E-state index contributed by atoms with van der Waals surface area (Å²) in [5.41, 5.74) is -1.97. The minimum absolute atomic E-state index is 0.0510. The number of rotatable bonds is 5. The Morgan fingerprint density at radius 1 is 1.04 bits per heavy atom. The standard InChI is InChI=1S/C30H36F3N7O4S/c1-28(2)13-11-20-6-3-4-17-34-22-7-5-8-25(35-22)45(42,43)38-27(41)21-9-10-23(36-26(21)40(20)28)39-18-12-24(37-39)44-19-16-29(14-15-29)30(31,32)33/h5,7-10,12,18,20H,3-4,6,11,13-17,19H2,1-2H3,(H,34,35)(H,38,41). The highest BCUT2D eigenvalue weighted by Crippen LogP contribution is 2.59. The number of hydrogen-bond acceptors (Lipinski definition) is 9. The first-order valence-electron chi connectivity index (χ1n) is 15.1. The van der Waals surface area contributed by atoms with E-state index in [1.807, 2.05) is 0 Å².